The molecule has 0 bridgehead atoms. The average Bonchev–Trinajstić information content (AvgIpc) is 2.94. The van der Waals surface area contributed by atoms with E-state index >= 15 is 0 Å². The average molecular weight is 303 g/mol. The Morgan fingerprint density at radius 1 is 1.29 bits per heavy atom. The van der Waals surface area contributed by atoms with Gasteiger partial charge in [0.2, 0.25) is 0 Å². The first kappa shape index (κ1) is 16.1. The molecule has 2 unspecified atom stereocenters. The second-order valence-corrected chi connectivity index (χ2v) is 5.48. The summed E-state index contributed by atoms with van der Waals surface area (Å²) in [5, 5.41) is 9.36. The molecule has 0 radical (unpaired) electrons. The lowest BCUT2D eigenvalue weighted by Gasteiger charge is -2.26. The molecule has 21 heavy (non-hydrogen) atoms. The molecule has 6 heteroatoms. The van der Waals surface area contributed by atoms with Crippen molar-refractivity contribution in [2.75, 3.05) is 20.2 Å². The molecule has 1 aliphatic heterocycles. The van der Waals surface area contributed by atoms with Gasteiger partial charge in [-0.25, -0.2) is 0 Å². The normalized spacial score (nSPS) is 23.0. The molecule has 1 aromatic carbocycles. The minimum absolute atomic E-state index is 0.0151. The second kappa shape index (κ2) is 6.23. The quantitative estimate of drug-likeness (QED) is 0.928. The minimum atomic E-state index is -4.54. The highest BCUT2D eigenvalue weighted by atomic mass is 19.4. The van der Waals surface area contributed by atoms with Gasteiger partial charge in [-0.1, -0.05) is 12.1 Å². The summed E-state index contributed by atoms with van der Waals surface area (Å²) in [5.74, 6) is 0.00319. The Kier molecular flexibility index (Phi) is 4.78. The van der Waals surface area contributed by atoms with E-state index in [1.54, 1.807) is 7.11 Å². The van der Waals surface area contributed by atoms with Crippen molar-refractivity contribution in [2.24, 2.45) is 5.92 Å². The summed E-state index contributed by atoms with van der Waals surface area (Å²) < 4.78 is 42.7. The van der Waals surface area contributed by atoms with E-state index in [1.807, 2.05) is 36.1 Å². The Hall–Kier alpha value is -1.27. The molecule has 2 rings (SSSR count). The van der Waals surface area contributed by atoms with Crippen LogP contribution in [0.5, 0.6) is 5.75 Å². The van der Waals surface area contributed by atoms with E-state index in [0.717, 1.165) is 11.3 Å². The van der Waals surface area contributed by atoms with E-state index in [4.69, 9.17) is 4.74 Å². The van der Waals surface area contributed by atoms with Crippen LogP contribution in [0.4, 0.5) is 13.2 Å². The van der Waals surface area contributed by atoms with Crippen LogP contribution in [0.3, 0.4) is 0 Å². The number of hydrogen-bond acceptors (Lipinski definition) is 3. The molecular weight excluding hydrogens is 283 g/mol. The second-order valence-electron chi connectivity index (χ2n) is 5.48. The molecule has 1 saturated heterocycles. The Bertz CT molecular complexity index is 461. The summed E-state index contributed by atoms with van der Waals surface area (Å²) in [4.78, 5) is 1.97. The van der Waals surface area contributed by atoms with Crippen LogP contribution in [-0.2, 0) is 0 Å². The molecule has 0 saturated carbocycles. The number of methoxy groups -OCH3 is 1. The van der Waals surface area contributed by atoms with Crippen LogP contribution in [0, 0.1) is 5.92 Å². The van der Waals surface area contributed by atoms with Crippen LogP contribution in [0.2, 0.25) is 0 Å². The summed E-state index contributed by atoms with van der Waals surface area (Å²) in [5.41, 5.74) is 1.03. The van der Waals surface area contributed by atoms with Gasteiger partial charge in [0.15, 0.2) is 6.10 Å². The predicted octanol–water partition coefficient (Wildman–Crippen LogP) is 3.00. The highest BCUT2D eigenvalue weighted by molar-refractivity contribution is 5.29. The molecule has 0 spiro atoms. The summed E-state index contributed by atoms with van der Waals surface area (Å²) in [6.45, 7) is 2.78. The van der Waals surface area contributed by atoms with Gasteiger partial charge in [-0.2, -0.15) is 13.2 Å². The number of likely N-dealkylation sites (tertiary alicyclic amines) is 1. The molecule has 0 aromatic heterocycles. The maximum Gasteiger partial charge on any atom is 0.414 e. The number of nitrogens with zero attached hydrogens (tertiary/aromatic N) is 1. The lowest BCUT2D eigenvalue weighted by Crippen LogP contribution is -2.37. The standard InChI is InChI=1S/C15H20F3NO2/c1-10(11-3-5-13(21-2)6-4-11)19-8-7-12(9-19)14(20)15(16,17)18/h3-6,10,12,14,20H,7-9H2,1-2H3/t10?,12-,14?/m1/s1. The van der Waals surface area contributed by atoms with Crippen molar-refractivity contribution < 1.29 is 23.0 Å². The van der Waals surface area contributed by atoms with Gasteiger partial charge < -0.3 is 9.84 Å². The highest BCUT2D eigenvalue weighted by Gasteiger charge is 2.46. The number of aliphatic hydroxyl groups excluding tert-OH is 1. The first-order chi connectivity index (χ1) is 9.82. The number of hydrogen-bond donors (Lipinski definition) is 1. The monoisotopic (exact) mass is 303 g/mol. The number of rotatable bonds is 4. The van der Waals surface area contributed by atoms with E-state index in [0.29, 0.717) is 13.0 Å². The fourth-order valence-corrected chi connectivity index (χ4v) is 2.79. The fraction of sp³-hybridized carbons (Fsp3) is 0.600. The summed E-state index contributed by atoms with van der Waals surface area (Å²) in [6, 6.07) is 7.52. The number of alkyl halides is 3. The SMILES string of the molecule is COc1ccc(C(C)N2CC[C@@H](C(O)C(F)(F)F)C2)cc1. The zero-order valence-corrected chi connectivity index (χ0v) is 12.1. The van der Waals surface area contributed by atoms with Crippen molar-refractivity contribution in [3.05, 3.63) is 29.8 Å². The van der Waals surface area contributed by atoms with Crippen molar-refractivity contribution in [1.29, 1.82) is 0 Å². The first-order valence-corrected chi connectivity index (χ1v) is 6.95. The summed E-state index contributed by atoms with van der Waals surface area (Å²) in [7, 11) is 1.59. The number of benzene rings is 1. The van der Waals surface area contributed by atoms with E-state index in [1.165, 1.54) is 0 Å². The van der Waals surface area contributed by atoms with Crippen LogP contribution in [0.25, 0.3) is 0 Å². The van der Waals surface area contributed by atoms with E-state index < -0.39 is 18.2 Å². The number of halogens is 3. The van der Waals surface area contributed by atoms with Gasteiger partial charge in [-0.05, 0) is 37.6 Å². The lowest BCUT2D eigenvalue weighted by molar-refractivity contribution is -0.218. The Morgan fingerprint density at radius 3 is 2.43 bits per heavy atom. The Balaban J connectivity index is 2.00. The molecule has 3 nitrogen and oxygen atoms in total. The van der Waals surface area contributed by atoms with E-state index in [9.17, 15) is 18.3 Å². The largest absolute Gasteiger partial charge is 0.497 e. The van der Waals surface area contributed by atoms with Gasteiger partial charge in [0.05, 0.1) is 7.11 Å². The van der Waals surface area contributed by atoms with Gasteiger partial charge in [0.25, 0.3) is 0 Å². The summed E-state index contributed by atoms with van der Waals surface area (Å²) >= 11 is 0. The molecule has 118 valence electrons. The molecular formula is C15H20F3NO2. The molecule has 0 amide bonds. The van der Waals surface area contributed by atoms with Crippen molar-refractivity contribution in [3.63, 3.8) is 0 Å². The molecule has 1 N–H and O–H groups in total. The van der Waals surface area contributed by atoms with Gasteiger partial charge in [0.1, 0.15) is 5.75 Å². The number of aliphatic hydroxyl groups is 1. The van der Waals surface area contributed by atoms with Crippen LogP contribution in [0.1, 0.15) is 24.9 Å². The van der Waals surface area contributed by atoms with E-state index in [2.05, 4.69) is 0 Å². The Morgan fingerprint density at radius 2 is 1.90 bits per heavy atom. The topological polar surface area (TPSA) is 32.7 Å². The fourth-order valence-electron chi connectivity index (χ4n) is 2.79. The molecule has 1 aromatic rings. The molecule has 0 aliphatic carbocycles. The van der Waals surface area contributed by atoms with Crippen molar-refractivity contribution >= 4 is 0 Å². The van der Waals surface area contributed by atoms with Gasteiger partial charge >= 0.3 is 6.18 Å². The van der Waals surface area contributed by atoms with Crippen LogP contribution in [-0.4, -0.2) is 42.5 Å². The smallest absolute Gasteiger partial charge is 0.414 e. The van der Waals surface area contributed by atoms with Crippen LogP contribution >= 0.6 is 0 Å². The molecule has 1 heterocycles. The van der Waals surface area contributed by atoms with E-state index in [-0.39, 0.29) is 12.6 Å². The predicted molar refractivity (Wildman–Crippen MR) is 73.2 cm³/mol. The maximum atomic E-state index is 12.6. The molecule has 1 aliphatic rings. The number of ether oxygens (including phenoxy) is 1. The van der Waals surface area contributed by atoms with Gasteiger partial charge in [0, 0.05) is 18.5 Å². The van der Waals surface area contributed by atoms with Crippen molar-refractivity contribution in [3.8, 4) is 5.75 Å². The zero-order valence-electron chi connectivity index (χ0n) is 12.1. The maximum absolute atomic E-state index is 12.6. The third-order valence-corrected chi connectivity index (χ3v) is 4.18. The lowest BCUT2D eigenvalue weighted by atomic mass is 10.0. The first-order valence-electron chi connectivity index (χ1n) is 6.95. The van der Waals surface area contributed by atoms with Gasteiger partial charge in [-0.3, -0.25) is 4.90 Å². The van der Waals surface area contributed by atoms with Crippen LogP contribution < -0.4 is 4.74 Å². The van der Waals surface area contributed by atoms with Gasteiger partial charge in [-0.15, -0.1) is 0 Å². The third kappa shape index (κ3) is 3.68. The highest BCUT2D eigenvalue weighted by Crippen LogP contribution is 2.34. The van der Waals surface area contributed by atoms with Crippen LogP contribution in [0.15, 0.2) is 24.3 Å². The Labute approximate surface area is 122 Å². The molecule has 3 atom stereocenters. The molecule has 1 fully saturated rings. The minimum Gasteiger partial charge on any atom is -0.497 e. The third-order valence-electron chi connectivity index (χ3n) is 4.18. The zero-order chi connectivity index (χ0) is 15.6. The van der Waals surface area contributed by atoms with Crippen molar-refractivity contribution in [2.45, 2.75) is 31.7 Å². The summed E-state index contributed by atoms with van der Waals surface area (Å²) in [6.07, 6.45) is -6.41. The van der Waals surface area contributed by atoms with Crippen molar-refractivity contribution in [1.82, 2.24) is 4.90 Å².